The zero-order valence-electron chi connectivity index (χ0n) is 11.7. The molecule has 1 N–H and O–H groups in total. The van der Waals surface area contributed by atoms with Gasteiger partial charge in [-0.15, -0.1) is 0 Å². The third-order valence-corrected chi connectivity index (χ3v) is 3.57. The Hall–Kier alpha value is -1.32. The van der Waals surface area contributed by atoms with Gasteiger partial charge in [-0.2, -0.15) is 0 Å². The predicted octanol–water partition coefficient (Wildman–Crippen LogP) is 3.80. The minimum absolute atomic E-state index is 0.267. The van der Waals surface area contributed by atoms with Gasteiger partial charge in [-0.25, -0.2) is 4.98 Å². The molecule has 0 aliphatic rings. The number of halogens is 1. The van der Waals surface area contributed by atoms with E-state index in [1.54, 1.807) is 6.20 Å². The second-order valence-electron chi connectivity index (χ2n) is 4.77. The first-order valence-corrected chi connectivity index (χ1v) is 7.01. The first-order chi connectivity index (χ1) is 9.13. The number of aryl methyl sites for hydroxylation is 1. The first kappa shape index (κ1) is 14.1. The fourth-order valence-corrected chi connectivity index (χ4v) is 2.48. The number of hydrogen-bond acceptors (Lipinski definition) is 2. The van der Waals surface area contributed by atoms with Gasteiger partial charge >= 0.3 is 0 Å². The Kier molecular flexibility index (Phi) is 4.61. The number of hydrogen-bond donors (Lipinski definition) is 1. The second kappa shape index (κ2) is 6.22. The summed E-state index contributed by atoms with van der Waals surface area (Å²) in [6.45, 7) is 5.29. The van der Waals surface area contributed by atoms with Gasteiger partial charge in [-0.3, -0.25) is 0 Å². The molecule has 1 aromatic carbocycles. The number of imidazole rings is 1. The number of nitrogens with one attached hydrogen (secondary N) is 1. The van der Waals surface area contributed by atoms with Gasteiger partial charge in [0.1, 0.15) is 5.82 Å². The normalized spacial score (nSPS) is 12.6. The van der Waals surface area contributed by atoms with Gasteiger partial charge in [-0.05, 0) is 31.5 Å². The van der Waals surface area contributed by atoms with Crippen molar-refractivity contribution in [2.24, 2.45) is 7.05 Å². The van der Waals surface area contributed by atoms with E-state index in [9.17, 15) is 0 Å². The highest BCUT2D eigenvalue weighted by atomic mass is 35.5. The average molecular weight is 278 g/mol. The van der Waals surface area contributed by atoms with Crippen LogP contribution in [0.5, 0.6) is 0 Å². The molecule has 0 amide bonds. The molecule has 0 saturated carbocycles. The van der Waals surface area contributed by atoms with Crippen LogP contribution in [0.25, 0.3) is 11.4 Å². The van der Waals surface area contributed by atoms with E-state index in [0.29, 0.717) is 0 Å². The Morgan fingerprint density at radius 3 is 2.79 bits per heavy atom. The molecule has 2 rings (SSSR count). The molecule has 0 bridgehead atoms. The van der Waals surface area contributed by atoms with Gasteiger partial charge < -0.3 is 9.88 Å². The van der Waals surface area contributed by atoms with E-state index in [-0.39, 0.29) is 6.04 Å². The standard InChI is InChI=1S/C15H20ClN3/c1-4-7-17-11(2)13-6-5-12(10-14(13)16)15-18-8-9-19(15)3/h5-6,8-11,17H,4,7H2,1-3H3. The van der Waals surface area contributed by atoms with Crippen LogP contribution in [0.3, 0.4) is 0 Å². The number of nitrogens with zero attached hydrogens (tertiary/aromatic N) is 2. The molecule has 0 saturated heterocycles. The van der Waals surface area contributed by atoms with Gasteiger partial charge in [0.2, 0.25) is 0 Å². The van der Waals surface area contributed by atoms with Crippen molar-refractivity contribution in [2.45, 2.75) is 26.3 Å². The van der Waals surface area contributed by atoms with Crippen LogP contribution in [-0.4, -0.2) is 16.1 Å². The monoisotopic (exact) mass is 277 g/mol. The lowest BCUT2D eigenvalue weighted by atomic mass is 10.1. The Morgan fingerprint density at radius 1 is 1.42 bits per heavy atom. The molecule has 1 heterocycles. The van der Waals surface area contributed by atoms with Crippen LogP contribution in [0.1, 0.15) is 31.9 Å². The van der Waals surface area contributed by atoms with Crippen molar-refractivity contribution in [3.63, 3.8) is 0 Å². The lowest BCUT2D eigenvalue weighted by molar-refractivity contribution is 0.571. The molecular formula is C15H20ClN3. The Bertz CT molecular complexity index is 548. The Labute approximate surface area is 119 Å². The lowest BCUT2D eigenvalue weighted by Gasteiger charge is -2.16. The van der Waals surface area contributed by atoms with Crippen LogP contribution < -0.4 is 5.32 Å². The molecule has 19 heavy (non-hydrogen) atoms. The van der Waals surface area contributed by atoms with Crippen LogP contribution in [-0.2, 0) is 7.05 Å². The van der Waals surface area contributed by atoms with E-state index in [1.165, 1.54) is 0 Å². The molecule has 1 aromatic heterocycles. The second-order valence-corrected chi connectivity index (χ2v) is 5.18. The van der Waals surface area contributed by atoms with Crippen molar-refractivity contribution in [3.8, 4) is 11.4 Å². The van der Waals surface area contributed by atoms with Crippen LogP contribution in [0, 0.1) is 0 Å². The van der Waals surface area contributed by atoms with Gasteiger partial charge in [0.05, 0.1) is 0 Å². The molecule has 102 valence electrons. The van der Waals surface area contributed by atoms with Crippen molar-refractivity contribution in [2.75, 3.05) is 6.54 Å². The fourth-order valence-electron chi connectivity index (χ4n) is 2.13. The van der Waals surface area contributed by atoms with Crippen molar-refractivity contribution in [1.29, 1.82) is 0 Å². The predicted molar refractivity (Wildman–Crippen MR) is 80.4 cm³/mol. The minimum atomic E-state index is 0.267. The zero-order chi connectivity index (χ0) is 13.8. The molecule has 3 nitrogen and oxygen atoms in total. The third-order valence-electron chi connectivity index (χ3n) is 3.25. The van der Waals surface area contributed by atoms with Crippen molar-refractivity contribution in [1.82, 2.24) is 14.9 Å². The van der Waals surface area contributed by atoms with Crippen molar-refractivity contribution >= 4 is 11.6 Å². The Balaban J connectivity index is 2.25. The molecule has 2 aromatic rings. The average Bonchev–Trinajstić information content (AvgIpc) is 2.82. The molecule has 0 aliphatic carbocycles. The summed E-state index contributed by atoms with van der Waals surface area (Å²) in [5.41, 5.74) is 2.18. The summed E-state index contributed by atoms with van der Waals surface area (Å²) in [5.74, 6) is 0.933. The highest BCUT2D eigenvalue weighted by Gasteiger charge is 2.11. The summed E-state index contributed by atoms with van der Waals surface area (Å²) in [4.78, 5) is 4.34. The van der Waals surface area contributed by atoms with Crippen LogP contribution in [0.2, 0.25) is 5.02 Å². The van der Waals surface area contributed by atoms with Crippen LogP contribution in [0.15, 0.2) is 30.6 Å². The number of aromatic nitrogens is 2. The summed E-state index contributed by atoms with van der Waals surface area (Å²) in [7, 11) is 1.98. The van der Waals surface area contributed by atoms with Gasteiger partial charge in [0.15, 0.2) is 0 Å². The van der Waals surface area contributed by atoms with E-state index >= 15 is 0 Å². The van der Waals surface area contributed by atoms with Crippen LogP contribution >= 0.6 is 11.6 Å². The molecular weight excluding hydrogens is 258 g/mol. The van der Waals surface area contributed by atoms with Crippen molar-refractivity contribution in [3.05, 3.63) is 41.2 Å². The molecule has 4 heteroatoms. The van der Waals surface area contributed by atoms with Crippen LogP contribution in [0.4, 0.5) is 0 Å². The smallest absolute Gasteiger partial charge is 0.139 e. The highest BCUT2D eigenvalue weighted by molar-refractivity contribution is 6.31. The van der Waals surface area contributed by atoms with Gasteiger partial charge in [0, 0.05) is 36.1 Å². The maximum atomic E-state index is 6.40. The number of benzene rings is 1. The van der Waals surface area contributed by atoms with E-state index in [0.717, 1.165) is 34.9 Å². The lowest BCUT2D eigenvalue weighted by Crippen LogP contribution is -2.19. The molecule has 1 atom stereocenters. The summed E-state index contributed by atoms with van der Waals surface area (Å²) in [6, 6.07) is 6.42. The Morgan fingerprint density at radius 2 is 2.21 bits per heavy atom. The molecule has 0 fully saturated rings. The largest absolute Gasteiger partial charge is 0.334 e. The summed E-state index contributed by atoms with van der Waals surface area (Å²) in [6.07, 6.45) is 4.85. The SMILES string of the molecule is CCCNC(C)c1ccc(-c2nccn2C)cc1Cl. The molecule has 0 aliphatic heterocycles. The van der Waals surface area contributed by atoms with E-state index in [2.05, 4.69) is 36.3 Å². The van der Waals surface area contributed by atoms with E-state index < -0.39 is 0 Å². The minimum Gasteiger partial charge on any atom is -0.334 e. The summed E-state index contributed by atoms with van der Waals surface area (Å²) >= 11 is 6.40. The summed E-state index contributed by atoms with van der Waals surface area (Å²) < 4.78 is 1.99. The maximum Gasteiger partial charge on any atom is 0.139 e. The van der Waals surface area contributed by atoms with Gasteiger partial charge in [0.25, 0.3) is 0 Å². The quantitative estimate of drug-likeness (QED) is 0.901. The fraction of sp³-hybridized carbons (Fsp3) is 0.400. The van der Waals surface area contributed by atoms with E-state index in [4.69, 9.17) is 11.6 Å². The first-order valence-electron chi connectivity index (χ1n) is 6.64. The van der Waals surface area contributed by atoms with Gasteiger partial charge in [-0.1, -0.05) is 30.7 Å². The van der Waals surface area contributed by atoms with Crippen molar-refractivity contribution < 1.29 is 0 Å². The molecule has 1 unspecified atom stereocenters. The number of rotatable bonds is 5. The molecule has 0 radical (unpaired) electrons. The maximum absolute atomic E-state index is 6.40. The molecule has 0 spiro atoms. The zero-order valence-corrected chi connectivity index (χ0v) is 12.4. The topological polar surface area (TPSA) is 29.9 Å². The highest BCUT2D eigenvalue weighted by Crippen LogP contribution is 2.28. The van der Waals surface area contributed by atoms with E-state index in [1.807, 2.05) is 23.9 Å². The third kappa shape index (κ3) is 3.17. The summed E-state index contributed by atoms with van der Waals surface area (Å²) in [5, 5.41) is 4.24.